The topological polar surface area (TPSA) is 105 Å². The van der Waals surface area contributed by atoms with Gasteiger partial charge in [0, 0.05) is 35.6 Å². The van der Waals surface area contributed by atoms with Crippen molar-refractivity contribution in [2.45, 2.75) is 17.9 Å². The largest absolute Gasteiger partial charge is 0.354 e. The van der Waals surface area contributed by atoms with Gasteiger partial charge in [-0.3, -0.25) is 5.10 Å². The lowest BCUT2D eigenvalue weighted by molar-refractivity contribution is 0.491. The second-order valence-electron chi connectivity index (χ2n) is 6.55. The molecule has 4 rings (SSSR count). The van der Waals surface area contributed by atoms with Gasteiger partial charge in [0.25, 0.3) is 0 Å². The first-order chi connectivity index (χ1) is 13.6. The number of anilines is 1. The number of hydrogen-bond donors (Lipinski definition) is 3. The molecule has 28 heavy (non-hydrogen) atoms. The van der Waals surface area contributed by atoms with E-state index in [1.54, 1.807) is 23.1 Å². The quantitative estimate of drug-likeness (QED) is 0.395. The number of aromatic amines is 1. The first-order valence-electron chi connectivity index (χ1n) is 8.89. The molecule has 0 fully saturated rings. The fraction of sp³-hybridized carbons (Fsp3) is 0.263. The van der Waals surface area contributed by atoms with Gasteiger partial charge in [-0.2, -0.15) is 5.10 Å². The van der Waals surface area contributed by atoms with Crippen LogP contribution in [0.3, 0.4) is 0 Å². The number of thiazole rings is 1. The van der Waals surface area contributed by atoms with E-state index in [-0.39, 0.29) is 12.0 Å². The molecule has 3 heterocycles. The molecular weight excluding hydrogens is 390 g/mol. The van der Waals surface area contributed by atoms with E-state index >= 15 is 0 Å². The van der Waals surface area contributed by atoms with Gasteiger partial charge in [-0.05, 0) is 29.9 Å². The van der Waals surface area contributed by atoms with Gasteiger partial charge < -0.3 is 11.1 Å². The fourth-order valence-corrected chi connectivity index (χ4v) is 4.27. The number of nitrogens with two attached hydrogens (primary N) is 1. The zero-order valence-electron chi connectivity index (χ0n) is 15.6. The van der Waals surface area contributed by atoms with Gasteiger partial charge in [0.15, 0.2) is 0 Å². The van der Waals surface area contributed by atoms with Crippen molar-refractivity contribution in [3.8, 4) is 11.1 Å². The zero-order valence-corrected chi connectivity index (χ0v) is 17.2. The summed E-state index contributed by atoms with van der Waals surface area (Å²) >= 11 is 3.26. The Balaban J connectivity index is 1.45. The van der Waals surface area contributed by atoms with Gasteiger partial charge in [-0.25, -0.2) is 15.0 Å². The van der Waals surface area contributed by atoms with Crippen LogP contribution in [-0.2, 0) is 0 Å². The molecule has 4 aromatic rings. The molecule has 9 heteroatoms. The Morgan fingerprint density at radius 1 is 1.21 bits per heavy atom. The van der Waals surface area contributed by atoms with Gasteiger partial charge in [-0.1, -0.05) is 13.0 Å². The molecule has 0 amide bonds. The molecule has 7 nitrogen and oxygen atoms in total. The van der Waals surface area contributed by atoms with Crippen LogP contribution in [0.15, 0.2) is 47.9 Å². The number of aromatic nitrogens is 5. The molecule has 0 radical (unpaired) electrons. The fourth-order valence-electron chi connectivity index (χ4n) is 2.81. The maximum atomic E-state index is 6.49. The van der Waals surface area contributed by atoms with Crippen LogP contribution in [0.5, 0.6) is 0 Å². The lowest BCUT2D eigenvalue weighted by Gasteiger charge is -2.18. The minimum atomic E-state index is -0.159. The summed E-state index contributed by atoms with van der Waals surface area (Å²) in [6.07, 6.45) is 9.33. The third-order valence-corrected chi connectivity index (χ3v) is 6.38. The lowest BCUT2D eigenvalue weighted by Crippen LogP contribution is -2.25. The Morgan fingerprint density at radius 2 is 2.04 bits per heavy atom. The second kappa shape index (κ2) is 8.26. The van der Waals surface area contributed by atoms with Crippen LogP contribution < -0.4 is 11.1 Å². The highest BCUT2D eigenvalue weighted by Gasteiger charge is 2.19. The SMILES string of the molecule is CSc1cnc(NCC(C)C(N)c2nc3ccc(-c4cn[nH]c4)cc3s2)nc1. The van der Waals surface area contributed by atoms with E-state index < -0.39 is 0 Å². The number of nitrogens with zero attached hydrogens (tertiary/aromatic N) is 4. The van der Waals surface area contributed by atoms with E-state index in [4.69, 9.17) is 10.7 Å². The summed E-state index contributed by atoms with van der Waals surface area (Å²) in [5.74, 6) is 0.795. The number of H-pyrrole nitrogens is 1. The molecule has 144 valence electrons. The van der Waals surface area contributed by atoms with Crippen LogP contribution >= 0.6 is 23.1 Å². The van der Waals surface area contributed by atoms with E-state index in [1.165, 1.54) is 0 Å². The van der Waals surface area contributed by atoms with Crippen LogP contribution in [0.25, 0.3) is 21.3 Å². The van der Waals surface area contributed by atoms with Crippen molar-refractivity contribution in [3.05, 3.63) is 48.0 Å². The molecule has 0 bridgehead atoms. The number of rotatable bonds is 7. The molecule has 0 aliphatic rings. The van der Waals surface area contributed by atoms with Crippen LogP contribution in [0.4, 0.5) is 5.95 Å². The zero-order chi connectivity index (χ0) is 19.5. The summed E-state index contributed by atoms with van der Waals surface area (Å²) in [4.78, 5) is 14.4. The molecule has 4 N–H and O–H groups in total. The Labute approximate surface area is 171 Å². The maximum absolute atomic E-state index is 6.49. The molecular formula is C19H21N7S2. The number of benzene rings is 1. The summed E-state index contributed by atoms with van der Waals surface area (Å²) in [5.41, 5.74) is 9.64. The van der Waals surface area contributed by atoms with Crippen molar-refractivity contribution in [2.75, 3.05) is 18.1 Å². The molecule has 0 aliphatic carbocycles. The molecule has 1 aromatic carbocycles. The Kier molecular flexibility index (Phi) is 5.56. The van der Waals surface area contributed by atoms with Crippen molar-refractivity contribution in [2.24, 2.45) is 11.7 Å². The number of thioether (sulfide) groups is 1. The average Bonchev–Trinajstić information content (AvgIpc) is 3.41. The molecule has 2 unspecified atom stereocenters. The van der Waals surface area contributed by atoms with Gasteiger partial charge in [0.1, 0.15) is 5.01 Å². The molecule has 0 saturated carbocycles. The van der Waals surface area contributed by atoms with Crippen LogP contribution in [-0.4, -0.2) is 37.9 Å². The minimum Gasteiger partial charge on any atom is -0.354 e. The summed E-state index contributed by atoms with van der Waals surface area (Å²) in [6, 6.07) is 6.07. The predicted octanol–water partition coefficient (Wildman–Crippen LogP) is 3.95. The lowest BCUT2D eigenvalue weighted by atomic mass is 10.0. The summed E-state index contributed by atoms with van der Waals surface area (Å²) in [5, 5.41) is 11.1. The number of nitrogens with one attached hydrogen (secondary N) is 2. The normalized spacial score (nSPS) is 13.5. The monoisotopic (exact) mass is 411 g/mol. The first kappa shape index (κ1) is 18.9. The van der Waals surface area contributed by atoms with Crippen LogP contribution in [0.1, 0.15) is 18.0 Å². The van der Waals surface area contributed by atoms with E-state index in [9.17, 15) is 0 Å². The van der Waals surface area contributed by atoms with E-state index in [0.717, 1.165) is 31.2 Å². The average molecular weight is 412 g/mol. The smallest absolute Gasteiger partial charge is 0.222 e. The Hall–Kier alpha value is -2.49. The summed E-state index contributed by atoms with van der Waals surface area (Å²) < 4.78 is 1.13. The van der Waals surface area contributed by atoms with Crippen molar-refractivity contribution < 1.29 is 0 Å². The number of fused-ring (bicyclic) bond motifs is 1. The Morgan fingerprint density at radius 3 is 2.75 bits per heavy atom. The van der Waals surface area contributed by atoms with Gasteiger partial charge in [0.2, 0.25) is 5.95 Å². The summed E-state index contributed by atoms with van der Waals surface area (Å²) in [7, 11) is 0. The van der Waals surface area contributed by atoms with Crippen molar-refractivity contribution >= 4 is 39.3 Å². The van der Waals surface area contributed by atoms with Crippen molar-refractivity contribution in [1.82, 2.24) is 25.1 Å². The van der Waals surface area contributed by atoms with Gasteiger partial charge in [0.05, 0.1) is 22.5 Å². The first-order valence-corrected chi connectivity index (χ1v) is 10.9. The number of hydrogen-bond acceptors (Lipinski definition) is 8. The molecule has 0 spiro atoms. The highest BCUT2D eigenvalue weighted by atomic mass is 32.2. The highest BCUT2D eigenvalue weighted by molar-refractivity contribution is 7.98. The third-order valence-electron chi connectivity index (χ3n) is 4.58. The predicted molar refractivity (Wildman–Crippen MR) is 116 cm³/mol. The third kappa shape index (κ3) is 4.01. The second-order valence-corrected chi connectivity index (χ2v) is 8.49. The van der Waals surface area contributed by atoms with E-state index in [2.05, 4.69) is 44.5 Å². The highest BCUT2D eigenvalue weighted by Crippen LogP contribution is 2.32. The van der Waals surface area contributed by atoms with E-state index in [1.807, 2.05) is 37.1 Å². The van der Waals surface area contributed by atoms with Crippen molar-refractivity contribution in [1.29, 1.82) is 0 Å². The van der Waals surface area contributed by atoms with Crippen LogP contribution in [0.2, 0.25) is 0 Å². The summed E-state index contributed by atoms with van der Waals surface area (Å²) in [6.45, 7) is 2.78. The van der Waals surface area contributed by atoms with Gasteiger partial charge >= 0.3 is 0 Å². The minimum absolute atomic E-state index is 0.159. The maximum Gasteiger partial charge on any atom is 0.222 e. The molecule has 0 saturated heterocycles. The molecule has 2 atom stereocenters. The Bertz CT molecular complexity index is 1040. The van der Waals surface area contributed by atoms with Crippen LogP contribution in [0, 0.1) is 5.92 Å². The molecule has 0 aliphatic heterocycles. The van der Waals surface area contributed by atoms with E-state index in [0.29, 0.717) is 12.5 Å². The van der Waals surface area contributed by atoms with Gasteiger partial charge in [-0.15, -0.1) is 23.1 Å². The van der Waals surface area contributed by atoms with Crippen molar-refractivity contribution in [3.63, 3.8) is 0 Å². The molecule has 3 aromatic heterocycles. The standard InChI is InChI=1S/C19H21N7S2/c1-11(6-21-19-22-9-14(27-2)10-23-19)17(20)18-26-15-4-3-12(5-16(15)28-18)13-7-24-25-8-13/h3-5,7-11,17H,6,20H2,1-2H3,(H,24,25)(H,21,22,23).